The molecule has 0 atom stereocenters. The van der Waals surface area contributed by atoms with Crippen LogP contribution in [-0.4, -0.2) is 21.6 Å². The second-order valence-electron chi connectivity index (χ2n) is 4.34. The summed E-state index contributed by atoms with van der Waals surface area (Å²) in [5, 5.41) is 16.4. The Morgan fingerprint density at radius 1 is 1.26 bits per heavy atom. The Labute approximate surface area is 115 Å². The second kappa shape index (κ2) is 5.03. The smallest absolute Gasteiger partial charge is 0.224 e. The van der Waals surface area contributed by atoms with Gasteiger partial charge in [-0.05, 0) is 23.7 Å². The van der Waals surface area contributed by atoms with Crippen molar-refractivity contribution >= 4 is 23.1 Å². The third-order valence-electron chi connectivity index (χ3n) is 3.06. The minimum absolute atomic E-state index is 0.176. The van der Waals surface area contributed by atoms with Crippen molar-refractivity contribution in [3.8, 4) is 5.75 Å². The molecule has 98 valence electrons. The summed E-state index contributed by atoms with van der Waals surface area (Å²) in [6.07, 6.45) is 0.826. The van der Waals surface area contributed by atoms with Crippen LogP contribution in [0.3, 0.4) is 0 Å². The molecule has 2 aromatic rings. The summed E-state index contributed by atoms with van der Waals surface area (Å²) >= 11 is 5.94. The number of aromatic nitrogens is 2. The largest absolute Gasteiger partial charge is 0.506 e. The summed E-state index contributed by atoms with van der Waals surface area (Å²) in [6, 6.07) is 7.02. The number of nitrogens with zero attached hydrogens (tertiary/aromatic N) is 2. The summed E-state index contributed by atoms with van der Waals surface area (Å²) in [5.41, 5.74) is 2.56. The SMILES string of the molecule is Oc1ccccc1Nc1nc(Cl)nc2c1CNCC2. The van der Waals surface area contributed by atoms with Crippen molar-refractivity contribution < 1.29 is 5.11 Å². The molecule has 0 amide bonds. The van der Waals surface area contributed by atoms with Crippen LogP contribution in [0.15, 0.2) is 24.3 Å². The molecule has 0 radical (unpaired) electrons. The molecule has 0 saturated carbocycles. The van der Waals surface area contributed by atoms with Gasteiger partial charge in [0.15, 0.2) is 0 Å². The van der Waals surface area contributed by atoms with Crippen molar-refractivity contribution in [2.24, 2.45) is 0 Å². The van der Waals surface area contributed by atoms with Gasteiger partial charge in [-0.15, -0.1) is 0 Å². The molecular formula is C13H13ClN4O. The number of anilines is 2. The van der Waals surface area contributed by atoms with Crippen molar-refractivity contribution in [3.63, 3.8) is 0 Å². The van der Waals surface area contributed by atoms with Gasteiger partial charge in [-0.25, -0.2) is 9.97 Å². The van der Waals surface area contributed by atoms with Gasteiger partial charge in [0.1, 0.15) is 11.6 Å². The van der Waals surface area contributed by atoms with Crippen LogP contribution in [0.5, 0.6) is 5.75 Å². The lowest BCUT2D eigenvalue weighted by Gasteiger charge is -2.19. The van der Waals surface area contributed by atoms with Crippen molar-refractivity contribution in [1.29, 1.82) is 0 Å². The third kappa shape index (κ3) is 2.47. The quantitative estimate of drug-likeness (QED) is 0.580. The molecule has 1 aliphatic heterocycles. The second-order valence-corrected chi connectivity index (χ2v) is 4.67. The van der Waals surface area contributed by atoms with Crippen LogP contribution in [0.1, 0.15) is 11.3 Å². The molecule has 2 heterocycles. The average molecular weight is 277 g/mol. The molecule has 0 aliphatic carbocycles. The first-order valence-electron chi connectivity index (χ1n) is 6.05. The summed E-state index contributed by atoms with van der Waals surface area (Å²) in [7, 11) is 0. The van der Waals surface area contributed by atoms with E-state index >= 15 is 0 Å². The summed E-state index contributed by atoms with van der Waals surface area (Å²) < 4.78 is 0. The van der Waals surface area contributed by atoms with Gasteiger partial charge in [0, 0.05) is 25.1 Å². The van der Waals surface area contributed by atoms with E-state index in [9.17, 15) is 5.11 Å². The van der Waals surface area contributed by atoms with Crippen LogP contribution in [0.25, 0.3) is 0 Å². The van der Waals surface area contributed by atoms with E-state index in [1.54, 1.807) is 18.2 Å². The number of phenols is 1. The number of para-hydroxylation sites is 2. The Morgan fingerprint density at radius 3 is 2.95 bits per heavy atom. The fourth-order valence-electron chi connectivity index (χ4n) is 2.12. The Morgan fingerprint density at radius 2 is 2.11 bits per heavy atom. The number of hydrogen-bond acceptors (Lipinski definition) is 5. The number of nitrogens with one attached hydrogen (secondary N) is 2. The highest BCUT2D eigenvalue weighted by Crippen LogP contribution is 2.29. The standard InChI is InChI=1S/C13H13ClN4O/c14-13-17-9-5-6-15-7-8(9)12(18-13)16-10-3-1-2-4-11(10)19/h1-4,15,19H,5-7H2,(H,16,17,18). The van der Waals surface area contributed by atoms with Crippen molar-refractivity contribution in [2.75, 3.05) is 11.9 Å². The molecule has 6 heteroatoms. The normalized spacial score (nSPS) is 13.9. The van der Waals surface area contributed by atoms with Crippen molar-refractivity contribution in [2.45, 2.75) is 13.0 Å². The fourth-order valence-corrected chi connectivity index (χ4v) is 2.31. The maximum absolute atomic E-state index is 9.79. The fraction of sp³-hybridized carbons (Fsp3) is 0.231. The first kappa shape index (κ1) is 12.2. The average Bonchev–Trinajstić information content (AvgIpc) is 2.41. The third-order valence-corrected chi connectivity index (χ3v) is 3.23. The molecular weight excluding hydrogens is 264 g/mol. The lowest BCUT2D eigenvalue weighted by atomic mass is 10.1. The van der Waals surface area contributed by atoms with Crippen LogP contribution in [0.4, 0.5) is 11.5 Å². The van der Waals surface area contributed by atoms with E-state index in [0.717, 1.165) is 24.2 Å². The lowest BCUT2D eigenvalue weighted by molar-refractivity contribution is 0.477. The molecule has 3 N–H and O–H groups in total. The molecule has 5 nitrogen and oxygen atoms in total. The summed E-state index contributed by atoms with van der Waals surface area (Å²) in [6.45, 7) is 1.58. The van der Waals surface area contributed by atoms with Gasteiger partial charge in [0.05, 0.1) is 11.4 Å². The van der Waals surface area contributed by atoms with Crippen LogP contribution < -0.4 is 10.6 Å². The molecule has 0 unspecified atom stereocenters. The summed E-state index contributed by atoms with van der Waals surface area (Å²) in [5.74, 6) is 0.818. The van der Waals surface area contributed by atoms with Crippen LogP contribution in [0.2, 0.25) is 5.28 Å². The van der Waals surface area contributed by atoms with Gasteiger partial charge in [0.2, 0.25) is 5.28 Å². The van der Waals surface area contributed by atoms with E-state index < -0.39 is 0 Å². The Balaban J connectivity index is 2.01. The van der Waals surface area contributed by atoms with E-state index in [1.165, 1.54) is 0 Å². The molecule has 0 spiro atoms. The van der Waals surface area contributed by atoms with Crippen molar-refractivity contribution in [1.82, 2.24) is 15.3 Å². The van der Waals surface area contributed by atoms with E-state index in [-0.39, 0.29) is 11.0 Å². The highest BCUT2D eigenvalue weighted by atomic mass is 35.5. The maximum atomic E-state index is 9.79. The zero-order valence-corrected chi connectivity index (χ0v) is 10.9. The van der Waals surface area contributed by atoms with Crippen molar-refractivity contribution in [3.05, 3.63) is 40.8 Å². The molecule has 3 rings (SSSR count). The molecule has 19 heavy (non-hydrogen) atoms. The first-order valence-corrected chi connectivity index (χ1v) is 6.43. The Bertz CT molecular complexity index is 618. The molecule has 1 aromatic heterocycles. The molecule has 0 saturated heterocycles. The van der Waals surface area contributed by atoms with Gasteiger partial charge in [0.25, 0.3) is 0 Å². The number of fused-ring (bicyclic) bond motifs is 1. The predicted octanol–water partition coefficient (Wildman–Crippen LogP) is 2.22. The monoisotopic (exact) mass is 276 g/mol. The first-order chi connectivity index (χ1) is 9.24. The molecule has 1 aliphatic rings. The number of rotatable bonds is 2. The van der Waals surface area contributed by atoms with Crippen LogP contribution in [-0.2, 0) is 13.0 Å². The predicted molar refractivity (Wildman–Crippen MR) is 73.8 cm³/mol. The maximum Gasteiger partial charge on any atom is 0.224 e. The zero-order chi connectivity index (χ0) is 13.2. The minimum atomic E-state index is 0.176. The molecule has 0 fully saturated rings. The number of halogens is 1. The van der Waals surface area contributed by atoms with Gasteiger partial charge in [-0.1, -0.05) is 12.1 Å². The zero-order valence-electron chi connectivity index (χ0n) is 10.2. The van der Waals surface area contributed by atoms with E-state index in [1.807, 2.05) is 6.07 Å². The number of phenolic OH excluding ortho intramolecular Hbond substituents is 1. The van der Waals surface area contributed by atoms with Gasteiger partial charge >= 0.3 is 0 Å². The number of benzene rings is 1. The van der Waals surface area contributed by atoms with E-state index in [2.05, 4.69) is 20.6 Å². The van der Waals surface area contributed by atoms with E-state index in [4.69, 9.17) is 11.6 Å². The Hall–Kier alpha value is -1.85. The van der Waals surface area contributed by atoms with Crippen LogP contribution >= 0.6 is 11.6 Å². The minimum Gasteiger partial charge on any atom is -0.506 e. The van der Waals surface area contributed by atoms with Crippen LogP contribution in [0, 0.1) is 0 Å². The van der Waals surface area contributed by atoms with Gasteiger partial charge < -0.3 is 15.7 Å². The highest BCUT2D eigenvalue weighted by Gasteiger charge is 2.17. The van der Waals surface area contributed by atoms with Gasteiger partial charge in [-0.3, -0.25) is 0 Å². The van der Waals surface area contributed by atoms with Gasteiger partial charge in [-0.2, -0.15) is 0 Å². The van der Waals surface area contributed by atoms with E-state index in [0.29, 0.717) is 18.1 Å². The molecule has 0 bridgehead atoms. The highest BCUT2D eigenvalue weighted by molar-refractivity contribution is 6.28. The lowest BCUT2D eigenvalue weighted by Crippen LogP contribution is -2.26. The number of aromatic hydroxyl groups is 1. The topological polar surface area (TPSA) is 70.1 Å². The number of hydrogen-bond donors (Lipinski definition) is 3. The summed E-state index contributed by atoms with van der Waals surface area (Å²) in [4.78, 5) is 8.47. The molecule has 1 aromatic carbocycles. The Kier molecular flexibility index (Phi) is 3.23.